The third-order valence-electron chi connectivity index (χ3n) is 7.08. The number of benzene rings is 2. The lowest BCUT2D eigenvalue weighted by Gasteiger charge is -2.39. The second-order valence-corrected chi connectivity index (χ2v) is 9.30. The van der Waals surface area contributed by atoms with Crippen LogP contribution in [0.4, 0.5) is 11.4 Å². The molecule has 4 aromatic rings. The molecule has 0 radical (unpaired) electrons. The van der Waals surface area contributed by atoms with E-state index in [1.165, 1.54) is 12.1 Å². The van der Waals surface area contributed by atoms with E-state index in [0.717, 1.165) is 11.1 Å². The van der Waals surface area contributed by atoms with Crippen molar-refractivity contribution in [2.24, 2.45) is 0 Å². The summed E-state index contributed by atoms with van der Waals surface area (Å²) in [6.07, 6.45) is 0. The first-order chi connectivity index (χ1) is 19.0. The van der Waals surface area contributed by atoms with Gasteiger partial charge in [0.25, 0.3) is 11.2 Å². The molecule has 1 fully saturated rings. The zero-order valence-electron chi connectivity index (χ0n) is 21.1. The number of aromatic amines is 1. The molecular formula is C25H26N8O6. The lowest BCUT2D eigenvalue weighted by atomic mass is 10.0. The van der Waals surface area contributed by atoms with Crippen LogP contribution < -0.4 is 19.9 Å². The van der Waals surface area contributed by atoms with Gasteiger partial charge < -0.3 is 24.1 Å². The van der Waals surface area contributed by atoms with Gasteiger partial charge in [-0.1, -0.05) is 0 Å². The van der Waals surface area contributed by atoms with Gasteiger partial charge in [-0.2, -0.15) is 0 Å². The van der Waals surface area contributed by atoms with Gasteiger partial charge in [-0.15, -0.1) is 5.10 Å². The number of methoxy groups -OCH3 is 1. The Bertz CT molecular complexity index is 1560. The molecule has 0 aliphatic carbocycles. The molecule has 2 aromatic heterocycles. The number of nitro groups is 1. The maximum Gasteiger partial charge on any atom is 0.269 e. The number of non-ortho nitro benzene ring substituents is 1. The predicted molar refractivity (Wildman–Crippen MR) is 139 cm³/mol. The van der Waals surface area contributed by atoms with Crippen molar-refractivity contribution < 1.29 is 19.1 Å². The van der Waals surface area contributed by atoms with Gasteiger partial charge in [0.05, 0.1) is 23.6 Å². The highest BCUT2D eigenvalue weighted by molar-refractivity contribution is 5.83. The number of nitrogens with zero attached hydrogens (tertiary/aromatic N) is 7. The van der Waals surface area contributed by atoms with Crippen molar-refractivity contribution >= 4 is 22.3 Å². The van der Waals surface area contributed by atoms with E-state index in [0.29, 0.717) is 67.7 Å². The summed E-state index contributed by atoms with van der Waals surface area (Å²) in [5, 5.41) is 24.2. The van der Waals surface area contributed by atoms with Crippen LogP contribution in [0.3, 0.4) is 0 Å². The molecule has 14 nitrogen and oxygen atoms in total. The average Bonchev–Trinajstić information content (AvgIpc) is 3.61. The smallest absolute Gasteiger partial charge is 0.269 e. The van der Waals surface area contributed by atoms with E-state index in [4.69, 9.17) is 14.2 Å². The third kappa shape index (κ3) is 4.75. The Balaban J connectivity index is 1.34. The first-order valence-corrected chi connectivity index (χ1v) is 12.5. The van der Waals surface area contributed by atoms with E-state index in [-0.39, 0.29) is 18.0 Å². The molecule has 0 spiro atoms. The summed E-state index contributed by atoms with van der Waals surface area (Å²) in [6.45, 7) is 3.50. The van der Waals surface area contributed by atoms with Crippen molar-refractivity contribution in [3.63, 3.8) is 0 Å². The van der Waals surface area contributed by atoms with Crippen molar-refractivity contribution in [1.82, 2.24) is 30.1 Å². The number of nitrogens with one attached hydrogen (secondary N) is 1. The summed E-state index contributed by atoms with van der Waals surface area (Å²) in [5.41, 5.74) is 1.87. The van der Waals surface area contributed by atoms with Crippen molar-refractivity contribution in [3.05, 3.63) is 74.3 Å². The van der Waals surface area contributed by atoms with Crippen molar-refractivity contribution in [2.45, 2.75) is 12.6 Å². The summed E-state index contributed by atoms with van der Waals surface area (Å²) in [7, 11) is 1.61. The molecule has 6 rings (SSSR count). The Morgan fingerprint density at radius 1 is 1.10 bits per heavy atom. The zero-order valence-corrected chi connectivity index (χ0v) is 21.1. The average molecular weight is 535 g/mol. The molecule has 4 heterocycles. The van der Waals surface area contributed by atoms with Gasteiger partial charge in [-0.25, -0.2) is 4.68 Å². The summed E-state index contributed by atoms with van der Waals surface area (Å²) >= 11 is 0. The molecule has 14 heteroatoms. The number of piperazine rings is 1. The fourth-order valence-corrected chi connectivity index (χ4v) is 5.08. The molecule has 202 valence electrons. The molecule has 0 unspecified atom stereocenters. The Morgan fingerprint density at radius 2 is 1.85 bits per heavy atom. The van der Waals surface area contributed by atoms with E-state index in [2.05, 4.69) is 30.3 Å². The highest BCUT2D eigenvalue weighted by atomic mass is 16.7. The fraction of sp³-hybridized carbons (Fsp3) is 0.360. The van der Waals surface area contributed by atoms with Crippen LogP contribution in [0.2, 0.25) is 0 Å². The van der Waals surface area contributed by atoms with E-state index in [9.17, 15) is 14.9 Å². The minimum absolute atomic E-state index is 0.0541. The molecule has 2 aliphatic heterocycles. The lowest BCUT2D eigenvalue weighted by molar-refractivity contribution is -0.384. The van der Waals surface area contributed by atoms with Crippen LogP contribution in [0.15, 0.2) is 47.3 Å². The number of fused-ring (bicyclic) bond motifs is 2. The van der Waals surface area contributed by atoms with E-state index >= 15 is 0 Å². The van der Waals surface area contributed by atoms with Crippen LogP contribution in [-0.2, 0) is 11.3 Å². The molecule has 2 aliphatic rings. The van der Waals surface area contributed by atoms with E-state index < -0.39 is 11.0 Å². The lowest BCUT2D eigenvalue weighted by Crippen LogP contribution is -2.49. The molecule has 1 saturated heterocycles. The topological polar surface area (TPSA) is 154 Å². The molecular weight excluding hydrogens is 508 g/mol. The largest absolute Gasteiger partial charge is 0.454 e. The number of pyridine rings is 1. The van der Waals surface area contributed by atoms with Crippen LogP contribution in [0.25, 0.3) is 10.9 Å². The quantitative estimate of drug-likeness (QED) is 0.259. The number of rotatable bonds is 8. The number of hydrogen-bond donors (Lipinski definition) is 1. The second kappa shape index (κ2) is 10.3. The standard InChI is InChI=1S/C25H26N8O6/c1-37-11-10-32-24(27-28-29-32)23(19-12-16-13-21-22(39-15-38-21)14-20(16)26-25(19)34)31-8-6-30(7-9-31)17-2-4-18(5-3-17)33(35)36/h2-5,12-14,23H,6-11,15H2,1H3,(H,26,34)/t23-/m1/s1. The molecule has 0 saturated carbocycles. The van der Waals surface area contributed by atoms with E-state index in [1.54, 1.807) is 30.0 Å². The first-order valence-electron chi connectivity index (χ1n) is 12.5. The van der Waals surface area contributed by atoms with E-state index in [1.807, 2.05) is 12.1 Å². The molecule has 0 amide bonds. The summed E-state index contributed by atoms with van der Waals surface area (Å²) in [5.74, 6) is 1.76. The Morgan fingerprint density at radius 3 is 2.56 bits per heavy atom. The number of aromatic nitrogens is 5. The fourth-order valence-electron chi connectivity index (χ4n) is 5.08. The summed E-state index contributed by atoms with van der Waals surface area (Å²) < 4.78 is 17.9. The molecule has 1 atom stereocenters. The number of hydrogen-bond acceptors (Lipinski definition) is 11. The van der Waals surface area contributed by atoms with Crippen molar-refractivity contribution in [3.8, 4) is 11.5 Å². The number of tetrazole rings is 1. The van der Waals surface area contributed by atoms with Gasteiger partial charge in [-0.05, 0) is 34.7 Å². The normalized spacial score (nSPS) is 16.1. The van der Waals surface area contributed by atoms with Crippen LogP contribution in [0, 0.1) is 10.1 Å². The van der Waals surface area contributed by atoms with Crippen molar-refractivity contribution in [1.29, 1.82) is 0 Å². The van der Waals surface area contributed by atoms with Crippen LogP contribution >= 0.6 is 0 Å². The first kappa shape index (κ1) is 24.8. The Hall–Kier alpha value is -4.56. The number of nitro benzene ring substituents is 1. The Kier molecular flexibility index (Phi) is 6.54. The predicted octanol–water partition coefficient (Wildman–Crippen LogP) is 1.71. The maximum absolute atomic E-state index is 13.5. The minimum Gasteiger partial charge on any atom is -0.454 e. The van der Waals surface area contributed by atoms with Crippen LogP contribution in [-0.4, -0.2) is 81.7 Å². The minimum atomic E-state index is -0.519. The summed E-state index contributed by atoms with van der Waals surface area (Å²) in [4.78, 5) is 31.4. The second-order valence-electron chi connectivity index (χ2n) is 9.30. The van der Waals surface area contributed by atoms with Crippen LogP contribution in [0.5, 0.6) is 11.5 Å². The number of anilines is 1. The van der Waals surface area contributed by atoms with Crippen molar-refractivity contribution in [2.75, 3.05) is 51.6 Å². The monoisotopic (exact) mass is 534 g/mol. The summed E-state index contributed by atoms with van der Waals surface area (Å²) in [6, 6.07) is 11.5. The van der Waals surface area contributed by atoms with Gasteiger partial charge in [-0.3, -0.25) is 19.8 Å². The number of H-pyrrole nitrogens is 1. The molecule has 2 aromatic carbocycles. The number of ether oxygens (including phenoxy) is 3. The molecule has 0 bridgehead atoms. The van der Waals surface area contributed by atoms with Gasteiger partial charge in [0.1, 0.15) is 6.04 Å². The highest BCUT2D eigenvalue weighted by Crippen LogP contribution is 2.36. The third-order valence-corrected chi connectivity index (χ3v) is 7.08. The molecule has 1 N–H and O–H groups in total. The van der Waals surface area contributed by atoms with Gasteiger partial charge in [0, 0.05) is 68.1 Å². The zero-order chi connectivity index (χ0) is 26.9. The Labute approximate surface area is 221 Å². The molecule has 39 heavy (non-hydrogen) atoms. The van der Waals surface area contributed by atoms with Gasteiger partial charge >= 0.3 is 0 Å². The highest BCUT2D eigenvalue weighted by Gasteiger charge is 2.33. The van der Waals surface area contributed by atoms with Gasteiger partial charge in [0.2, 0.25) is 6.79 Å². The van der Waals surface area contributed by atoms with Crippen LogP contribution in [0.1, 0.15) is 17.4 Å². The van der Waals surface area contributed by atoms with Gasteiger partial charge in [0.15, 0.2) is 17.3 Å². The maximum atomic E-state index is 13.5. The SMILES string of the molecule is COCCn1nnnc1[C@@H](c1cc2cc3c(cc2[nH]c1=O)OCO3)N1CCN(c2ccc([N+](=O)[O-])cc2)CC1.